The highest BCUT2D eigenvalue weighted by atomic mass is 16.5. The van der Waals surface area contributed by atoms with Crippen molar-refractivity contribution in [1.29, 1.82) is 0 Å². The van der Waals surface area contributed by atoms with Gasteiger partial charge in [-0.3, -0.25) is 0 Å². The molecule has 0 heterocycles. The highest BCUT2D eigenvalue weighted by molar-refractivity contribution is 5.90. The van der Waals surface area contributed by atoms with Gasteiger partial charge in [0.2, 0.25) is 0 Å². The van der Waals surface area contributed by atoms with Crippen molar-refractivity contribution in [2.24, 2.45) is 5.41 Å². The lowest BCUT2D eigenvalue weighted by atomic mass is 10.1. The van der Waals surface area contributed by atoms with Gasteiger partial charge in [-0.25, -0.2) is 4.79 Å². The Bertz CT molecular complexity index is 491. The van der Waals surface area contributed by atoms with Gasteiger partial charge in [-0.2, -0.15) is 0 Å². The van der Waals surface area contributed by atoms with Crippen LogP contribution < -0.4 is 9.47 Å². The van der Waals surface area contributed by atoms with E-state index in [4.69, 9.17) is 9.47 Å². The summed E-state index contributed by atoms with van der Waals surface area (Å²) < 4.78 is 15.4. The van der Waals surface area contributed by atoms with Crippen molar-refractivity contribution in [2.45, 2.75) is 12.8 Å². The van der Waals surface area contributed by atoms with Crippen LogP contribution in [0.2, 0.25) is 0 Å². The molecule has 1 saturated carbocycles. The molecule has 5 nitrogen and oxygen atoms in total. The van der Waals surface area contributed by atoms with E-state index in [0.717, 1.165) is 19.1 Å². The predicted octanol–water partition coefficient (Wildman–Crippen LogP) is 1.84. The normalized spacial score (nSPS) is 15.5. The second-order valence-corrected chi connectivity index (χ2v) is 4.63. The molecule has 0 aliphatic heterocycles. The molecule has 19 heavy (non-hydrogen) atoms. The summed E-state index contributed by atoms with van der Waals surface area (Å²) in [5.74, 6) is 0.532. The molecule has 1 aromatic rings. The van der Waals surface area contributed by atoms with Crippen LogP contribution in [-0.4, -0.2) is 33.1 Å². The Labute approximate surface area is 111 Å². The van der Waals surface area contributed by atoms with E-state index in [9.17, 15) is 9.59 Å². The number of esters is 1. The first-order valence-electron chi connectivity index (χ1n) is 5.99. The first-order valence-corrected chi connectivity index (χ1v) is 5.99. The molecular weight excluding hydrogens is 248 g/mol. The molecule has 102 valence electrons. The van der Waals surface area contributed by atoms with E-state index in [1.807, 2.05) is 0 Å². The number of hydrogen-bond acceptors (Lipinski definition) is 5. The number of methoxy groups -OCH3 is 2. The summed E-state index contributed by atoms with van der Waals surface area (Å²) in [7, 11) is 2.82. The van der Waals surface area contributed by atoms with Gasteiger partial charge in [0.25, 0.3) is 0 Å². The van der Waals surface area contributed by atoms with Crippen molar-refractivity contribution < 1.29 is 23.8 Å². The average molecular weight is 264 g/mol. The SMILES string of the molecule is COC(=O)c1ccc(OCC2(C=O)CC2)c(OC)c1. The second-order valence-electron chi connectivity index (χ2n) is 4.63. The van der Waals surface area contributed by atoms with Gasteiger partial charge >= 0.3 is 5.97 Å². The van der Waals surface area contributed by atoms with Gasteiger partial charge in [-0.1, -0.05) is 0 Å². The minimum absolute atomic E-state index is 0.327. The van der Waals surface area contributed by atoms with Gasteiger partial charge < -0.3 is 19.0 Å². The zero-order valence-corrected chi connectivity index (χ0v) is 11.0. The summed E-state index contributed by atoms with van der Waals surface area (Å²) in [6.45, 7) is 0.338. The number of benzene rings is 1. The van der Waals surface area contributed by atoms with Gasteiger partial charge in [-0.15, -0.1) is 0 Å². The molecule has 1 fully saturated rings. The number of aldehydes is 1. The minimum atomic E-state index is -0.434. The molecule has 0 bridgehead atoms. The molecular formula is C14H16O5. The third kappa shape index (κ3) is 2.86. The van der Waals surface area contributed by atoms with E-state index in [1.54, 1.807) is 18.2 Å². The minimum Gasteiger partial charge on any atom is -0.493 e. The molecule has 0 amide bonds. The van der Waals surface area contributed by atoms with Crippen molar-refractivity contribution in [2.75, 3.05) is 20.8 Å². The third-order valence-electron chi connectivity index (χ3n) is 3.24. The van der Waals surface area contributed by atoms with Crippen molar-refractivity contribution in [3.8, 4) is 11.5 Å². The van der Waals surface area contributed by atoms with Crippen LogP contribution >= 0.6 is 0 Å². The quantitative estimate of drug-likeness (QED) is 0.579. The number of hydrogen-bond donors (Lipinski definition) is 0. The van der Waals surface area contributed by atoms with E-state index in [2.05, 4.69) is 4.74 Å². The number of carbonyl (C=O) groups is 2. The maximum Gasteiger partial charge on any atom is 0.337 e. The lowest BCUT2D eigenvalue weighted by molar-refractivity contribution is -0.113. The van der Waals surface area contributed by atoms with Gasteiger partial charge in [-0.05, 0) is 31.0 Å². The van der Waals surface area contributed by atoms with Crippen LogP contribution in [0.3, 0.4) is 0 Å². The molecule has 0 atom stereocenters. The number of ether oxygens (including phenoxy) is 3. The molecule has 5 heteroatoms. The van der Waals surface area contributed by atoms with E-state index in [1.165, 1.54) is 14.2 Å². The largest absolute Gasteiger partial charge is 0.493 e. The first-order chi connectivity index (χ1) is 9.14. The van der Waals surface area contributed by atoms with E-state index >= 15 is 0 Å². The summed E-state index contributed by atoms with van der Waals surface area (Å²) >= 11 is 0. The van der Waals surface area contributed by atoms with E-state index in [-0.39, 0.29) is 5.41 Å². The number of rotatable bonds is 6. The maximum atomic E-state index is 11.4. The molecule has 0 spiro atoms. The highest BCUT2D eigenvalue weighted by Crippen LogP contribution is 2.44. The summed E-state index contributed by atoms with van der Waals surface area (Å²) in [6, 6.07) is 4.80. The molecule has 1 aromatic carbocycles. The fraction of sp³-hybridized carbons (Fsp3) is 0.429. The Morgan fingerprint density at radius 1 is 1.32 bits per heavy atom. The zero-order valence-electron chi connectivity index (χ0n) is 11.0. The second kappa shape index (κ2) is 5.30. The predicted molar refractivity (Wildman–Crippen MR) is 67.6 cm³/mol. The fourth-order valence-electron chi connectivity index (χ4n) is 1.71. The Hall–Kier alpha value is -2.04. The Morgan fingerprint density at radius 3 is 2.58 bits per heavy atom. The molecule has 1 aliphatic rings. The summed E-state index contributed by atoms with van der Waals surface area (Å²) in [5.41, 5.74) is 0.0645. The van der Waals surface area contributed by atoms with Crippen molar-refractivity contribution in [3.63, 3.8) is 0 Å². The smallest absolute Gasteiger partial charge is 0.337 e. The van der Waals surface area contributed by atoms with E-state index < -0.39 is 5.97 Å². The highest BCUT2D eigenvalue weighted by Gasteiger charge is 2.43. The zero-order chi connectivity index (χ0) is 13.9. The lowest BCUT2D eigenvalue weighted by Crippen LogP contribution is -2.14. The van der Waals surface area contributed by atoms with Crippen LogP contribution in [0.25, 0.3) is 0 Å². The topological polar surface area (TPSA) is 61.8 Å². The lowest BCUT2D eigenvalue weighted by Gasteiger charge is -2.13. The van der Waals surface area contributed by atoms with Crippen molar-refractivity contribution in [3.05, 3.63) is 23.8 Å². The Morgan fingerprint density at radius 2 is 2.05 bits per heavy atom. The van der Waals surface area contributed by atoms with Crippen LogP contribution in [0, 0.1) is 5.41 Å². The molecule has 0 radical (unpaired) electrons. The van der Waals surface area contributed by atoms with Crippen LogP contribution in [-0.2, 0) is 9.53 Å². The van der Waals surface area contributed by atoms with Crippen LogP contribution in [0.1, 0.15) is 23.2 Å². The fourth-order valence-corrected chi connectivity index (χ4v) is 1.71. The van der Waals surface area contributed by atoms with Crippen molar-refractivity contribution in [1.82, 2.24) is 0 Å². The van der Waals surface area contributed by atoms with Crippen LogP contribution in [0.5, 0.6) is 11.5 Å². The number of carbonyl (C=O) groups excluding carboxylic acids is 2. The standard InChI is InChI=1S/C14H16O5/c1-17-12-7-10(13(16)18-2)3-4-11(12)19-9-14(8-15)5-6-14/h3-4,7-8H,5-6,9H2,1-2H3. The summed E-state index contributed by atoms with van der Waals surface area (Å²) in [6.07, 6.45) is 2.67. The summed E-state index contributed by atoms with van der Waals surface area (Å²) in [4.78, 5) is 22.3. The third-order valence-corrected chi connectivity index (χ3v) is 3.24. The maximum absolute atomic E-state index is 11.4. The Kier molecular flexibility index (Phi) is 3.74. The van der Waals surface area contributed by atoms with Crippen LogP contribution in [0.4, 0.5) is 0 Å². The van der Waals surface area contributed by atoms with Gasteiger partial charge in [0.15, 0.2) is 11.5 Å². The molecule has 0 saturated heterocycles. The molecule has 0 unspecified atom stereocenters. The van der Waals surface area contributed by atoms with Gasteiger partial charge in [0.1, 0.15) is 12.9 Å². The molecule has 1 aliphatic carbocycles. The Balaban J connectivity index is 2.12. The molecule has 0 aromatic heterocycles. The molecule has 0 N–H and O–H groups in total. The van der Waals surface area contributed by atoms with Gasteiger partial charge in [0.05, 0.1) is 25.2 Å². The molecule has 2 rings (SSSR count). The summed E-state index contributed by atoms with van der Waals surface area (Å²) in [5, 5.41) is 0. The van der Waals surface area contributed by atoms with Crippen LogP contribution in [0.15, 0.2) is 18.2 Å². The van der Waals surface area contributed by atoms with E-state index in [0.29, 0.717) is 23.7 Å². The monoisotopic (exact) mass is 264 g/mol. The average Bonchev–Trinajstić information content (AvgIpc) is 3.24. The van der Waals surface area contributed by atoms with Crippen molar-refractivity contribution >= 4 is 12.3 Å². The van der Waals surface area contributed by atoms with Gasteiger partial charge in [0, 0.05) is 0 Å². The first kappa shape index (κ1) is 13.4.